The summed E-state index contributed by atoms with van der Waals surface area (Å²) >= 11 is 0. The number of hydrogen-bond donors (Lipinski definition) is 0. The first-order chi connectivity index (χ1) is 13.1. The Morgan fingerprint density at radius 3 is 1.34 bits per heavy atom. The van der Waals surface area contributed by atoms with Crippen molar-refractivity contribution in [3.05, 3.63) is 0 Å². The van der Waals surface area contributed by atoms with Crippen molar-refractivity contribution >= 4 is 103 Å². The lowest BCUT2D eigenvalue weighted by molar-refractivity contribution is 0.467. The molecule has 0 aromatic rings. The molecule has 0 bridgehead atoms. The van der Waals surface area contributed by atoms with E-state index in [-0.39, 0.29) is 0 Å². The molecule has 0 amide bonds. The predicted octanol–water partition coefficient (Wildman–Crippen LogP) is -4.53. The van der Waals surface area contributed by atoms with Gasteiger partial charge >= 0.3 is 88.0 Å². The minimum Gasteiger partial charge on any atom is -0.577 e. The largest absolute Gasteiger partial charge is 0.577 e. The van der Waals surface area contributed by atoms with Crippen molar-refractivity contribution in [2.75, 3.05) is 0 Å². The van der Waals surface area contributed by atoms with Gasteiger partial charge in [0.15, 0.2) is 0 Å². The van der Waals surface area contributed by atoms with Gasteiger partial charge in [0, 0.05) is 0 Å². The van der Waals surface area contributed by atoms with Crippen LogP contribution in [0.15, 0.2) is 0 Å². The Morgan fingerprint density at radius 1 is 0.586 bits per heavy atom. The molecule has 0 aliphatic carbocycles. The van der Waals surface area contributed by atoms with Gasteiger partial charge in [0.2, 0.25) is 0 Å². The molecule has 0 N–H and O–H groups in total. The lowest BCUT2D eigenvalue weighted by atomic mass is 11.8. The van der Waals surface area contributed by atoms with Crippen molar-refractivity contribution in [1.82, 2.24) is 0 Å². The van der Waals surface area contributed by atoms with Gasteiger partial charge in [-0.2, -0.15) is 0 Å². The number of rotatable bonds is 13. The van der Waals surface area contributed by atoms with Crippen LogP contribution in [0.2, 0.25) is 26.2 Å². The minimum absolute atomic E-state index is 1.38. The second-order valence-corrected chi connectivity index (χ2v) is 69.7. The van der Waals surface area contributed by atoms with E-state index in [1.54, 1.807) is 19.6 Å². The first-order valence-corrected chi connectivity index (χ1v) is 39.6. The third kappa shape index (κ3) is 7.22. The first kappa shape index (κ1) is 29.4. The standard InChI is InChI=1S/C4H14O12Si13/c1-28(2,3)29(4,27(15)21(9)18-6)16-19(7)22(10)24(12)26(14)25(13)23(11)20(8)17-5/h17-18H,1-4H3. The van der Waals surface area contributed by atoms with Crippen LogP contribution in [0.25, 0.3) is 0 Å². The maximum Gasteiger partial charge on any atom is 0.532 e. The van der Waals surface area contributed by atoms with Gasteiger partial charge in [-0.25, -0.2) is 0 Å². The van der Waals surface area contributed by atoms with E-state index in [1.807, 2.05) is 0 Å². The van der Waals surface area contributed by atoms with Crippen LogP contribution in [0.4, 0.5) is 0 Å². The van der Waals surface area contributed by atoms with Crippen LogP contribution in [0.3, 0.4) is 0 Å². The lowest BCUT2D eigenvalue weighted by Gasteiger charge is -2.34. The molecule has 0 radical (unpaired) electrons. The van der Waals surface area contributed by atoms with Gasteiger partial charge in [-0.1, -0.05) is 19.6 Å². The Bertz CT molecular complexity index is 896. The molecule has 1 unspecified atom stereocenters. The van der Waals surface area contributed by atoms with E-state index in [0.717, 1.165) is 0 Å². The van der Waals surface area contributed by atoms with Crippen LogP contribution in [0.1, 0.15) is 0 Å². The molecule has 29 heavy (non-hydrogen) atoms. The second-order valence-electron chi connectivity index (χ2n) is 6.61. The van der Waals surface area contributed by atoms with Crippen LogP contribution in [0.5, 0.6) is 0 Å². The predicted molar refractivity (Wildman–Crippen MR) is 110 cm³/mol. The third-order valence-electron chi connectivity index (χ3n) is 3.83. The Morgan fingerprint density at radius 2 is 0.966 bits per heavy atom. The first-order valence-electron chi connectivity index (χ1n) is 7.54. The highest BCUT2D eigenvalue weighted by atomic mass is 30.0. The molecule has 0 heterocycles. The summed E-state index contributed by atoms with van der Waals surface area (Å²) in [5.41, 5.74) is 0. The van der Waals surface area contributed by atoms with E-state index in [4.69, 9.17) is 4.12 Å². The monoisotopic (exact) mass is 618 g/mol. The molecule has 0 rings (SSSR count). The molecule has 0 aromatic heterocycles. The Labute approximate surface area is 181 Å². The van der Waals surface area contributed by atoms with Gasteiger partial charge in [0.05, 0.1) is 7.59 Å². The van der Waals surface area contributed by atoms with E-state index in [9.17, 15) is 49.1 Å². The third-order valence-corrected chi connectivity index (χ3v) is 96.2. The van der Waals surface area contributed by atoms with E-state index in [2.05, 4.69) is 0 Å². The molecule has 12 nitrogen and oxygen atoms in total. The second kappa shape index (κ2) is 11.9. The SMILES string of the molecule is C[Si](C)(C)[Si](C)(O[Si](=O)[Si](=O)[Si](=O)[Si](=O)[Si](=O)[Si](=O)[Si](=O)[SiH]=O)[Si](=O)[Si](=O)[SiH]=O. The molecule has 0 aromatic carbocycles. The van der Waals surface area contributed by atoms with E-state index < -0.39 is 103 Å². The Hall–Kier alpha value is 0.419. The van der Waals surface area contributed by atoms with Crippen molar-refractivity contribution in [1.29, 1.82) is 0 Å². The molecular formula is C4H14O12Si13. The highest BCUT2D eigenvalue weighted by Gasteiger charge is 2.58. The highest BCUT2D eigenvalue weighted by Crippen LogP contribution is 2.20. The van der Waals surface area contributed by atoms with E-state index in [0.29, 0.717) is 0 Å². The van der Waals surface area contributed by atoms with Gasteiger partial charge in [-0.15, -0.1) is 0 Å². The maximum absolute atomic E-state index is 12.6. The average molecular weight is 619 g/mol. The quantitative estimate of drug-likeness (QED) is 0.179. The van der Waals surface area contributed by atoms with E-state index in [1.165, 1.54) is 6.55 Å². The summed E-state index contributed by atoms with van der Waals surface area (Å²) in [4.78, 5) is 0. The van der Waals surface area contributed by atoms with Crippen molar-refractivity contribution in [3.8, 4) is 0 Å². The average Bonchev–Trinajstić information content (AvgIpc) is 2.67. The molecule has 1 atom stereocenters. The summed E-state index contributed by atoms with van der Waals surface area (Å²) in [6.07, 6.45) is 0. The normalized spacial score (nSPS) is 12.6. The Balaban J connectivity index is 5.76. The summed E-state index contributed by atoms with van der Waals surface area (Å²) in [6, 6.07) is 0. The van der Waals surface area contributed by atoms with Crippen molar-refractivity contribution < 1.29 is 53.2 Å². The number of hydrogen-bond acceptors (Lipinski definition) is 12. The lowest BCUT2D eigenvalue weighted by Crippen LogP contribution is -2.69. The van der Waals surface area contributed by atoms with Crippen molar-refractivity contribution in [2.45, 2.75) is 26.2 Å². The van der Waals surface area contributed by atoms with Gasteiger partial charge in [-0.05, 0) is 6.55 Å². The van der Waals surface area contributed by atoms with Gasteiger partial charge < -0.3 is 53.2 Å². The van der Waals surface area contributed by atoms with Gasteiger partial charge in [-0.3, -0.25) is 0 Å². The fraction of sp³-hybridized carbons (Fsp3) is 1.00. The summed E-state index contributed by atoms with van der Waals surface area (Å²) in [6.45, 7) is 6.43. The highest BCUT2D eigenvalue weighted by molar-refractivity contribution is 7.74. The van der Waals surface area contributed by atoms with Crippen LogP contribution >= 0.6 is 0 Å². The zero-order valence-corrected chi connectivity index (χ0v) is 28.9. The van der Waals surface area contributed by atoms with Crippen molar-refractivity contribution in [3.63, 3.8) is 0 Å². The van der Waals surface area contributed by atoms with Gasteiger partial charge in [0.25, 0.3) is 7.35 Å². The van der Waals surface area contributed by atoms with Crippen LogP contribution < -0.4 is 0 Å². The summed E-state index contributed by atoms with van der Waals surface area (Å²) < 4.78 is 135. The van der Waals surface area contributed by atoms with Gasteiger partial charge in [0.1, 0.15) is 0 Å². The molecule has 0 aliphatic heterocycles. The molecule has 154 valence electrons. The van der Waals surface area contributed by atoms with Crippen molar-refractivity contribution in [2.24, 2.45) is 0 Å². The zero-order chi connectivity index (χ0) is 23.3. The van der Waals surface area contributed by atoms with Crippen LogP contribution in [-0.2, 0) is 53.2 Å². The molecule has 0 saturated heterocycles. The maximum atomic E-state index is 12.6. The molecule has 0 aliphatic rings. The molecule has 25 heteroatoms. The van der Waals surface area contributed by atoms with Crippen LogP contribution in [0, 0.1) is 0 Å². The minimum atomic E-state index is -3.78. The smallest absolute Gasteiger partial charge is 0.532 e. The molecule has 0 saturated carbocycles. The summed E-state index contributed by atoms with van der Waals surface area (Å²) in [5.74, 6) is 0. The topological polar surface area (TPSA) is 197 Å². The summed E-state index contributed by atoms with van der Waals surface area (Å²) in [5, 5.41) is 0. The summed E-state index contributed by atoms with van der Waals surface area (Å²) in [7, 11) is -41.4. The molecule has 0 spiro atoms. The fourth-order valence-electron chi connectivity index (χ4n) is 1.63. The zero-order valence-electron chi connectivity index (χ0n) is 15.6. The molecule has 0 fully saturated rings. The van der Waals surface area contributed by atoms with Crippen LogP contribution in [-0.4, -0.2) is 103 Å². The molecular weight excluding hydrogens is 605 g/mol. The fourth-order valence-corrected chi connectivity index (χ4v) is 119. The van der Waals surface area contributed by atoms with E-state index >= 15 is 0 Å². The Kier molecular flexibility index (Phi) is 12.0.